The van der Waals surface area contributed by atoms with Crippen LogP contribution in [0.25, 0.3) is 0 Å². The van der Waals surface area contributed by atoms with Gasteiger partial charge in [-0.2, -0.15) is 0 Å². The summed E-state index contributed by atoms with van der Waals surface area (Å²) in [5.74, 6) is 0.351. The van der Waals surface area contributed by atoms with E-state index in [2.05, 4.69) is 24.3 Å². The third-order valence-electron chi connectivity index (χ3n) is 4.36. The van der Waals surface area contributed by atoms with Crippen LogP contribution >= 0.6 is 0 Å². The van der Waals surface area contributed by atoms with E-state index in [1.165, 1.54) is 17.7 Å². The molecule has 22 heavy (non-hydrogen) atoms. The molecule has 3 heteroatoms. The van der Waals surface area contributed by atoms with Crippen molar-refractivity contribution in [2.45, 2.75) is 25.2 Å². The minimum Gasteiger partial charge on any atom is -0.342 e. The van der Waals surface area contributed by atoms with Gasteiger partial charge in [0, 0.05) is 13.1 Å². The van der Waals surface area contributed by atoms with Gasteiger partial charge in [-0.15, -0.1) is 0 Å². The van der Waals surface area contributed by atoms with Crippen LogP contribution in [0.5, 0.6) is 0 Å². The maximum absolute atomic E-state index is 13.2. The molecule has 0 radical (unpaired) electrons. The minimum absolute atomic E-state index is 0.0945. The van der Waals surface area contributed by atoms with E-state index in [9.17, 15) is 9.18 Å². The Kier molecular flexibility index (Phi) is 4.52. The van der Waals surface area contributed by atoms with Crippen molar-refractivity contribution in [3.05, 3.63) is 71.5 Å². The molecule has 0 spiro atoms. The highest BCUT2D eigenvalue weighted by Gasteiger charge is 2.23. The first-order chi connectivity index (χ1) is 10.7. The second-order valence-electron chi connectivity index (χ2n) is 5.87. The number of halogens is 1. The predicted molar refractivity (Wildman–Crippen MR) is 85.1 cm³/mol. The van der Waals surface area contributed by atoms with Gasteiger partial charge in [-0.1, -0.05) is 42.5 Å². The van der Waals surface area contributed by atoms with Crippen LogP contribution in [0.15, 0.2) is 54.6 Å². The molecule has 1 saturated heterocycles. The average molecular weight is 297 g/mol. The zero-order valence-corrected chi connectivity index (χ0v) is 12.5. The summed E-state index contributed by atoms with van der Waals surface area (Å²) in [5.41, 5.74) is 2.11. The topological polar surface area (TPSA) is 20.3 Å². The van der Waals surface area contributed by atoms with Crippen molar-refractivity contribution in [2.24, 2.45) is 0 Å². The zero-order chi connectivity index (χ0) is 15.4. The summed E-state index contributed by atoms with van der Waals surface area (Å²) in [5, 5.41) is 0. The molecule has 3 rings (SSSR count). The Labute approximate surface area is 130 Å². The third kappa shape index (κ3) is 3.53. The summed E-state index contributed by atoms with van der Waals surface area (Å²) in [6.45, 7) is 1.57. The van der Waals surface area contributed by atoms with Gasteiger partial charge < -0.3 is 4.90 Å². The van der Waals surface area contributed by atoms with Crippen molar-refractivity contribution < 1.29 is 9.18 Å². The molecule has 0 bridgehead atoms. The molecule has 2 nitrogen and oxygen atoms in total. The Morgan fingerprint density at radius 1 is 1.05 bits per heavy atom. The van der Waals surface area contributed by atoms with Crippen molar-refractivity contribution in [1.29, 1.82) is 0 Å². The number of hydrogen-bond donors (Lipinski definition) is 0. The summed E-state index contributed by atoms with van der Waals surface area (Å²) in [6.07, 6.45) is 2.28. The quantitative estimate of drug-likeness (QED) is 0.844. The number of benzene rings is 2. The van der Waals surface area contributed by atoms with Crippen LogP contribution in [0.4, 0.5) is 4.39 Å². The molecular formula is C19H20FNO. The fourth-order valence-electron chi connectivity index (χ4n) is 3.12. The van der Waals surface area contributed by atoms with Gasteiger partial charge >= 0.3 is 0 Å². The number of nitrogens with zero attached hydrogens (tertiary/aromatic N) is 1. The second kappa shape index (κ2) is 6.73. The molecule has 0 N–H and O–H groups in total. The summed E-state index contributed by atoms with van der Waals surface area (Å²) >= 11 is 0. The fourth-order valence-corrected chi connectivity index (χ4v) is 3.12. The highest BCUT2D eigenvalue weighted by molar-refractivity contribution is 5.78. The predicted octanol–water partition coefficient (Wildman–Crippen LogP) is 3.77. The van der Waals surface area contributed by atoms with E-state index < -0.39 is 0 Å². The fraction of sp³-hybridized carbons (Fsp3) is 0.316. The maximum atomic E-state index is 13.2. The van der Waals surface area contributed by atoms with E-state index in [0.29, 0.717) is 5.92 Å². The summed E-state index contributed by atoms with van der Waals surface area (Å²) in [4.78, 5) is 14.2. The first kappa shape index (κ1) is 14.8. The number of carbonyl (C=O) groups is 1. The monoisotopic (exact) mass is 297 g/mol. The van der Waals surface area contributed by atoms with Crippen LogP contribution in [0, 0.1) is 5.82 Å². The molecule has 2 aromatic carbocycles. The minimum atomic E-state index is -0.284. The van der Waals surface area contributed by atoms with Gasteiger partial charge in [0.2, 0.25) is 5.91 Å². The van der Waals surface area contributed by atoms with Gasteiger partial charge in [0.05, 0.1) is 6.42 Å². The summed E-state index contributed by atoms with van der Waals surface area (Å²) in [7, 11) is 0. The first-order valence-electron chi connectivity index (χ1n) is 7.79. The maximum Gasteiger partial charge on any atom is 0.226 e. The lowest BCUT2D eigenvalue weighted by atomic mass is 9.89. The highest BCUT2D eigenvalue weighted by atomic mass is 19.1. The van der Waals surface area contributed by atoms with Gasteiger partial charge in [-0.25, -0.2) is 4.39 Å². The smallest absolute Gasteiger partial charge is 0.226 e. The molecule has 1 aliphatic heterocycles. The Morgan fingerprint density at radius 3 is 2.45 bits per heavy atom. The number of amides is 1. The number of rotatable bonds is 3. The van der Waals surface area contributed by atoms with Crippen LogP contribution in [0.3, 0.4) is 0 Å². The third-order valence-corrected chi connectivity index (χ3v) is 4.36. The van der Waals surface area contributed by atoms with Gasteiger partial charge in [0.1, 0.15) is 5.82 Å². The van der Waals surface area contributed by atoms with E-state index in [1.54, 1.807) is 12.1 Å². The molecule has 0 saturated carbocycles. The number of likely N-dealkylation sites (tertiary alicyclic amines) is 1. The van der Waals surface area contributed by atoms with Crippen LogP contribution in [0.2, 0.25) is 0 Å². The molecular weight excluding hydrogens is 277 g/mol. The van der Waals surface area contributed by atoms with E-state index in [1.807, 2.05) is 11.0 Å². The molecule has 0 unspecified atom stereocenters. The van der Waals surface area contributed by atoms with E-state index in [4.69, 9.17) is 0 Å². The first-order valence-corrected chi connectivity index (χ1v) is 7.79. The average Bonchev–Trinajstić information content (AvgIpc) is 2.56. The Hall–Kier alpha value is -2.16. The van der Waals surface area contributed by atoms with Crippen molar-refractivity contribution in [3.63, 3.8) is 0 Å². The van der Waals surface area contributed by atoms with Gasteiger partial charge in [0.15, 0.2) is 0 Å². The van der Waals surface area contributed by atoms with Gasteiger partial charge in [-0.05, 0) is 42.0 Å². The van der Waals surface area contributed by atoms with Gasteiger partial charge in [-0.3, -0.25) is 4.79 Å². The molecule has 1 fully saturated rings. The molecule has 1 amide bonds. The van der Waals surface area contributed by atoms with Crippen LogP contribution in [-0.4, -0.2) is 23.9 Å². The summed E-state index contributed by atoms with van der Waals surface area (Å²) in [6, 6.07) is 16.8. The molecule has 0 aromatic heterocycles. The Morgan fingerprint density at radius 2 is 1.77 bits per heavy atom. The number of hydrogen-bond acceptors (Lipinski definition) is 1. The van der Waals surface area contributed by atoms with Crippen molar-refractivity contribution in [2.75, 3.05) is 13.1 Å². The van der Waals surface area contributed by atoms with Gasteiger partial charge in [0.25, 0.3) is 0 Å². The molecule has 1 aliphatic rings. The lowest BCUT2D eigenvalue weighted by Crippen LogP contribution is -2.38. The normalized spacial score (nSPS) is 15.8. The lowest BCUT2D eigenvalue weighted by molar-refractivity contribution is -0.131. The van der Waals surface area contributed by atoms with Crippen LogP contribution < -0.4 is 0 Å². The molecule has 0 atom stereocenters. The summed E-state index contributed by atoms with van der Waals surface area (Å²) < 4.78 is 13.2. The molecule has 114 valence electrons. The number of piperidine rings is 1. The van der Waals surface area contributed by atoms with E-state index in [-0.39, 0.29) is 18.1 Å². The second-order valence-corrected chi connectivity index (χ2v) is 5.87. The molecule has 0 aliphatic carbocycles. The lowest BCUT2D eigenvalue weighted by Gasteiger charge is -2.32. The van der Waals surface area contributed by atoms with Crippen molar-refractivity contribution in [1.82, 2.24) is 4.90 Å². The SMILES string of the molecule is O=C(Cc1cccc(F)c1)N1CCC(c2ccccc2)CC1. The largest absolute Gasteiger partial charge is 0.342 e. The zero-order valence-electron chi connectivity index (χ0n) is 12.5. The highest BCUT2D eigenvalue weighted by Crippen LogP contribution is 2.27. The van der Waals surface area contributed by atoms with Crippen molar-refractivity contribution >= 4 is 5.91 Å². The molecule has 1 heterocycles. The van der Waals surface area contributed by atoms with Crippen LogP contribution in [0.1, 0.15) is 29.9 Å². The molecule has 2 aromatic rings. The Bertz CT molecular complexity index is 633. The number of carbonyl (C=O) groups excluding carboxylic acids is 1. The van der Waals surface area contributed by atoms with E-state index in [0.717, 1.165) is 31.5 Å². The van der Waals surface area contributed by atoms with Crippen LogP contribution in [-0.2, 0) is 11.2 Å². The Balaban J connectivity index is 1.56. The van der Waals surface area contributed by atoms with Crippen molar-refractivity contribution in [3.8, 4) is 0 Å². The van der Waals surface area contributed by atoms with E-state index >= 15 is 0 Å². The standard InChI is InChI=1S/C19H20FNO/c20-18-8-4-5-15(13-18)14-19(22)21-11-9-17(10-12-21)16-6-2-1-3-7-16/h1-8,13,17H,9-12,14H2.